The fourth-order valence-corrected chi connectivity index (χ4v) is 3.85. The summed E-state index contributed by atoms with van der Waals surface area (Å²) in [6, 6.07) is 24.7. The summed E-state index contributed by atoms with van der Waals surface area (Å²) in [5.41, 5.74) is 1.67. The molecule has 0 aliphatic carbocycles. The van der Waals surface area contributed by atoms with Gasteiger partial charge < -0.3 is 4.74 Å². The van der Waals surface area contributed by atoms with E-state index in [4.69, 9.17) is 4.74 Å². The van der Waals surface area contributed by atoms with Crippen molar-refractivity contribution >= 4 is 10.0 Å². The van der Waals surface area contributed by atoms with Gasteiger partial charge in [0.15, 0.2) is 0 Å². The number of ether oxygens (including phenoxy) is 1. The third kappa shape index (κ3) is 4.07. The van der Waals surface area contributed by atoms with Gasteiger partial charge in [-0.15, -0.1) is 0 Å². The van der Waals surface area contributed by atoms with Crippen molar-refractivity contribution in [3.8, 4) is 5.75 Å². The second-order valence-electron chi connectivity index (χ2n) is 5.55. The minimum absolute atomic E-state index is 0.235. The molecule has 0 aliphatic rings. The Labute approximate surface area is 148 Å². The van der Waals surface area contributed by atoms with E-state index in [0.717, 1.165) is 11.1 Å². The Morgan fingerprint density at radius 3 is 2.04 bits per heavy atom. The lowest BCUT2D eigenvalue weighted by Crippen LogP contribution is -2.29. The summed E-state index contributed by atoms with van der Waals surface area (Å²) in [7, 11) is -2.08. The van der Waals surface area contributed by atoms with Crippen LogP contribution in [0.2, 0.25) is 0 Å². The van der Waals surface area contributed by atoms with E-state index in [1.54, 1.807) is 37.4 Å². The van der Waals surface area contributed by atoms with Crippen LogP contribution in [0.3, 0.4) is 0 Å². The molecule has 25 heavy (non-hydrogen) atoms. The number of methoxy groups -OCH3 is 1. The lowest BCUT2D eigenvalue weighted by molar-refractivity contribution is 0.414. The minimum Gasteiger partial charge on any atom is -0.497 e. The van der Waals surface area contributed by atoms with Gasteiger partial charge in [-0.25, -0.2) is 8.42 Å². The van der Waals surface area contributed by atoms with E-state index in [1.165, 1.54) is 0 Å². The van der Waals surface area contributed by atoms with Gasteiger partial charge in [-0.2, -0.15) is 4.72 Å². The molecule has 128 valence electrons. The SMILES string of the molecule is COc1cccc(C(NS(=O)(=O)c2ccccc2)c2ccccc2)c1. The highest BCUT2D eigenvalue weighted by molar-refractivity contribution is 7.89. The van der Waals surface area contributed by atoms with Gasteiger partial charge in [-0.05, 0) is 35.4 Å². The molecule has 4 nitrogen and oxygen atoms in total. The van der Waals surface area contributed by atoms with Gasteiger partial charge >= 0.3 is 0 Å². The van der Waals surface area contributed by atoms with Crippen LogP contribution in [0.4, 0.5) is 0 Å². The molecule has 0 aromatic heterocycles. The number of hydrogen-bond donors (Lipinski definition) is 1. The maximum atomic E-state index is 12.8. The molecule has 3 aromatic carbocycles. The van der Waals surface area contributed by atoms with Gasteiger partial charge in [0.2, 0.25) is 10.0 Å². The Balaban J connectivity index is 2.03. The van der Waals surface area contributed by atoms with E-state index in [-0.39, 0.29) is 4.90 Å². The van der Waals surface area contributed by atoms with Crippen LogP contribution in [-0.2, 0) is 10.0 Å². The van der Waals surface area contributed by atoms with Gasteiger partial charge in [0, 0.05) is 0 Å². The first kappa shape index (κ1) is 17.2. The van der Waals surface area contributed by atoms with Gasteiger partial charge in [0.1, 0.15) is 5.75 Å². The van der Waals surface area contributed by atoms with E-state index in [2.05, 4.69) is 4.72 Å². The first-order valence-electron chi connectivity index (χ1n) is 7.86. The van der Waals surface area contributed by atoms with Crippen molar-refractivity contribution in [1.29, 1.82) is 0 Å². The molecule has 0 amide bonds. The molecule has 0 saturated heterocycles. The number of rotatable bonds is 6. The van der Waals surface area contributed by atoms with Gasteiger partial charge in [0.25, 0.3) is 0 Å². The molecule has 0 heterocycles. The lowest BCUT2D eigenvalue weighted by Gasteiger charge is -2.20. The Kier molecular flexibility index (Phi) is 5.16. The Bertz CT molecular complexity index is 925. The predicted molar refractivity (Wildman–Crippen MR) is 98.0 cm³/mol. The molecule has 1 unspecified atom stereocenters. The first-order chi connectivity index (χ1) is 12.1. The Morgan fingerprint density at radius 2 is 1.40 bits per heavy atom. The highest BCUT2D eigenvalue weighted by atomic mass is 32.2. The molecule has 3 aromatic rings. The number of sulfonamides is 1. The summed E-state index contributed by atoms with van der Waals surface area (Å²) in [4.78, 5) is 0.235. The maximum Gasteiger partial charge on any atom is 0.241 e. The van der Waals surface area contributed by atoms with Gasteiger partial charge in [-0.1, -0.05) is 60.7 Å². The molecule has 0 radical (unpaired) electrons. The Hall–Kier alpha value is -2.63. The van der Waals surface area contributed by atoms with E-state index >= 15 is 0 Å². The molecule has 3 rings (SSSR count). The summed E-state index contributed by atoms with van der Waals surface area (Å²) in [6.07, 6.45) is 0. The topological polar surface area (TPSA) is 55.4 Å². The molecular weight excluding hydrogens is 334 g/mol. The summed E-state index contributed by atoms with van der Waals surface area (Å²) in [6.45, 7) is 0. The number of hydrogen-bond acceptors (Lipinski definition) is 3. The average Bonchev–Trinajstić information content (AvgIpc) is 2.67. The second-order valence-corrected chi connectivity index (χ2v) is 7.27. The first-order valence-corrected chi connectivity index (χ1v) is 9.35. The van der Waals surface area contributed by atoms with Crippen molar-refractivity contribution in [2.45, 2.75) is 10.9 Å². The molecule has 0 saturated carbocycles. The molecule has 1 N–H and O–H groups in total. The van der Waals surface area contributed by atoms with Gasteiger partial charge in [0.05, 0.1) is 18.0 Å². The predicted octanol–water partition coefficient (Wildman–Crippen LogP) is 3.76. The van der Waals surface area contributed by atoms with Crippen LogP contribution in [0.25, 0.3) is 0 Å². The Morgan fingerprint density at radius 1 is 0.800 bits per heavy atom. The van der Waals surface area contributed by atoms with Crippen LogP contribution in [0.5, 0.6) is 5.75 Å². The van der Waals surface area contributed by atoms with Crippen LogP contribution in [0.1, 0.15) is 17.2 Å². The largest absolute Gasteiger partial charge is 0.497 e. The smallest absolute Gasteiger partial charge is 0.241 e. The van der Waals surface area contributed by atoms with Crippen molar-refractivity contribution in [1.82, 2.24) is 4.72 Å². The average molecular weight is 353 g/mol. The van der Waals surface area contributed by atoms with Gasteiger partial charge in [-0.3, -0.25) is 0 Å². The summed E-state index contributed by atoms with van der Waals surface area (Å²) >= 11 is 0. The van der Waals surface area contributed by atoms with Crippen LogP contribution in [-0.4, -0.2) is 15.5 Å². The van der Waals surface area contributed by atoms with Crippen molar-refractivity contribution in [2.75, 3.05) is 7.11 Å². The summed E-state index contributed by atoms with van der Waals surface area (Å²) in [5, 5.41) is 0. The highest BCUT2D eigenvalue weighted by Crippen LogP contribution is 2.27. The zero-order valence-corrected chi connectivity index (χ0v) is 14.6. The normalized spacial score (nSPS) is 12.5. The van der Waals surface area contributed by atoms with E-state index in [1.807, 2.05) is 54.6 Å². The standard InChI is InChI=1S/C20H19NO3S/c1-24-18-12-8-11-17(15-18)20(16-9-4-2-5-10-16)21-25(22,23)19-13-6-3-7-14-19/h2-15,20-21H,1H3. The monoisotopic (exact) mass is 353 g/mol. The number of benzene rings is 3. The molecule has 0 spiro atoms. The van der Waals surface area contributed by atoms with Crippen LogP contribution < -0.4 is 9.46 Å². The maximum absolute atomic E-state index is 12.8. The molecular formula is C20H19NO3S. The molecule has 1 atom stereocenters. The number of nitrogens with one attached hydrogen (secondary N) is 1. The van der Waals surface area contributed by atoms with Crippen molar-refractivity contribution < 1.29 is 13.2 Å². The third-order valence-electron chi connectivity index (χ3n) is 3.89. The van der Waals surface area contributed by atoms with Crippen LogP contribution in [0, 0.1) is 0 Å². The van der Waals surface area contributed by atoms with Crippen LogP contribution >= 0.6 is 0 Å². The highest BCUT2D eigenvalue weighted by Gasteiger charge is 2.23. The molecule has 0 bridgehead atoms. The lowest BCUT2D eigenvalue weighted by atomic mass is 9.99. The fraction of sp³-hybridized carbons (Fsp3) is 0.100. The zero-order valence-electron chi connectivity index (χ0n) is 13.8. The molecule has 0 aliphatic heterocycles. The summed E-state index contributed by atoms with van der Waals surface area (Å²) in [5.74, 6) is 0.678. The van der Waals surface area contributed by atoms with Crippen molar-refractivity contribution in [3.63, 3.8) is 0 Å². The van der Waals surface area contributed by atoms with Crippen molar-refractivity contribution in [3.05, 3.63) is 96.1 Å². The molecule has 0 fully saturated rings. The van der Waals surface area contributed by atoms with E-state index < -0.39 is 16.1 Å². The van der Waals surface area contributed by atoms with Crippen LogP contribution in [0.15, 0.2) is 89.8 Å². The zero-order chi connectivity index (χ0) is 17.7. The molecule has 5 heteroatoms. The third-order valence-corrected chi connectivity index (χ3v) is 5.33. The fourth-order valence-electron chi connectivity index (χ4n) is 2.62. The quantitative estimate of drug-likeness (QED) is 0.734. The van der Waals surface area contributed by atoms with Crippen molar-refractivity contribution in [2.24, 2.45) is 0 Å². The van der Waals surface area contributed by atoms with E-state index in [9.17, 15) is 8.42 Å². The van der Waals surface area contributed by atoms with E-state index in [0.29, 0.717) is 5.75 Å². The second kappa shape index (κ2) is 7.51. The minimum atomic E-state index is -3.67. The summed E-state index contributed by atoms with van der Waals surface area (Å²) < 4.78 is 33.7.